The first-order valence-corrected chi connectivity index (χ1v) is 9.12. The van der Waals surface area contributed by atoms with E-state index in [1.165, 1.54) is 0 Å². The van der Waals surface area contributed by atoms with Crippen LogP contribution in [0.25, 0.3) is 0 Å². The fraction of sp³-hybridized carbons (Fsp3) is 0.333. The average molecular weight is 478 g/mol. The zero-order valence-corrected chi connectivity index (χ0v) is 16.4. The van der Waals surface area contributed by atoms with Crippen molar-refractivity contribution in [2.75, 3.05) is 6.54 Å². The second kappa shape index (κ2) is 8.36. The number of rotatable bonds is 6. The third kappa shape index (κ3) is 5.13. The predicted octanol–water partition coefficient (Wildman–Crippen LogP) is 5.05. The second-order valence-electron chi connectivity index (χ2n) is 4.70. The molecule has 0 amide bonds. The van der Waals surface area contributed by atoms with Gasteiger partial charge in [-0.15, -0.1) is 0 Å². The molecule has 112 valence electrons. The number of nitrogens with zero attached hydrogens (tertiary/aromatic N) is 2. The third-order valence-corrected chi connectivity index (χ3v) is 4.55. The molecule has 0 aromatic carbocycles. The van der Waals surface area contributed by atoms with Crippen LogP contribution in [0.3, 0.4) is 0 Å². The van der Waals surface area contributed by atoms with Crippen molar-refractivity contribution >= 4 is 47.8 Å². The van der Waals surface area contributed by atoms with Crippen molar-refractivity contribution in [3.63, 3.8) is 0 Å². The molecule has 2 heterocycles. The van der Waals surface area contributed by atoms with E-state index in [0.717, 1.165) is 44.2 Å². The van der Waals surface area contributed by atoms with E-state index in [4.69, 9.17) is 0 Å². The van der Waals surface area contributed by atoms with Gasteiger partial charge in [0, 0.05) is 37.9 Å². The highest BCUT2D eigenvalue weighted by atomic mass is 79.9. The van der Waals surface area contributed by atoms with E-state index < -0.39 is 0 Å². The van der Waals surface area contributed by atoms with Crippen LogP contribution < -0.4 is 5.32 Å². The van der Waals surface area contributed by atoms with Gasteiger partial charge in [0.15, 0.2) is 0 Å². The fourth-order valence-electron chi connectivity index (χ4n) is 2.00. The Morgan fingerprint density at radius 3 is 2.48 bits per heavy atom. The molecular formula is C15H16Br3N3. The monoisotopic (exact) mass is 475 g/mol. The minimum atomic E-state index is 0.140. The van der Waals surface area contributed by atoms with E-state index >= 15 is 0 Å². The van der Waals surface area contributed by atoms with Gasteiger partial charge in [0.1, 0.15) is 0 Å². The lowest BCUT2D eigenvalue weighted by molar-refractivity contribution is 0.511. The quantitative estimate of drug-likeness (QED) is 0.632. The Hall–Kier alpha value is -0.300. The van der Waals surface area contributed by atoms with Gasteiger partial charge in [-0.25, -0.2) is 0 Å². The summed E-state index contributed by atoms with van der Waals surface area (Å²) in [6.45, 7) is 3.11. The molecule has 1 N–H and O–H groups in total. The standard InChI is InChI=1S/C15H16Br3N3/c1-2-5-19-14(7-12-4-3-10(16)8-20-12)15-13(18)6-11(17)9-21-15/h3-4,6,8-9,14,19H,2,5,7H2,1H3. The van der Waals surface area contributed by atoms with Crippen molar-refractivity contribution in [1.29, 1.82) is 0 Å². The molecule has 0 spiro atoms. The van der Waals surface area contributed by atoms with Crippen LogP contribution in [0.1, 0.15) is 30.8 Å². The molecule has 2 aromatic heterocycles. The molecule has 1 unspecified atom stereocenters. The Morgan fingerprint density at radius 2 is 1.86 bits per heavy atom. The lowest BCUT2D eigenvalue weighted by atomic mass is 10.1. The summed E-state index contributed by atoms with van der Waals surface area (Å²) in [6, 6.07) is 6.22. The number of halogens is 3. The smallest absolute Gasteiger partial charge is 0.0719 e. The van der Waals surface area contributed by atoms with Crippen molar-refractivity contribution in [1.82, 2.24) is 15.3 Å². The van der Waals surface area contributed by atoms with Gasteiger partial charge in [0.05, 0.1) is 11.7 Å². The van der Waals surface area contributed by atoms with Gasteiger partial charge < -0.3 is 5.32 Å². The zero-order chi connectivity index (χ0) is 15.2. The van der Waals surface area contributed by atoms with E-state index in [9.17, 15) is 0 Å². The van der Waals surface area contributed by atoms with Gasteiger partial charge >= 0.3 is 0 Å². The lowest BCUT2D eigenvalue weighted by Crippen LogP contribution is -2.25. The van der Waals surface area contributed by atoms with Gasteiger partial charge in [-0.05, 0) is 79.0 Å². The van der Waals surface area contributed by atoms with Gasteiger partial charge in [-0.3, -0.25) is 9.97 Å². The van der Waals surface area contributed by atoms with E-state index in [-0.39, 0.29) is 6.04 Å². The number of aromatic nitrogens is 2. The number of hydrogen-bond acceptors (Lipinski definition) is 3. The van der Waals surface area contributed by atoms with Crippen molar-refractivity contribution in [3.05, 3.63) is 55.4 Å². The molecule has 0 bridgehead atoms. The molecule has 6 heteroatoms. The largest absolute Gasteiger partial charge is 0.308 e. The maximum Gasteiger partial charge on any atom is 0.0719 e. The Labute approximate surface area is 150 Å². The average Bonchev–Trinajstić information content (AvgIpc) is 2.46. The summed E-state index contributed by atoms with van der Waals surface area (Å²) in [6.07, 6.45) is 5.55. The molecular weight excluding hydrogens is 462 g/mol. The van der Waals surface area contributed by atoms with Crippen LogP contribution in [-0.2, 0) is 6.42 Å². The second-order valence-corrected chi connectivity index (χ2v) is 7.38. The lowest BCUT2D eigenvalue weighted by Gasteiger charge is -2.19. The minimum Gasteiger partial charge on any atom is -0.308 e. The molecule has 0 aliphatic heterocycles. The summed E-state index contributed by atoms with van der Waals surface area (Å²) in [4.78, 5) is 9.01. The Bertz CT molecular complexity index is 587. The maximum atomic E-state index is 4.55. The van der Waals surface area contributed by atoms with Crippen LogP contribution in [0.2, 0.25) is 0 Å². The zero-order valence-electron chi connectivity index (χ0n) is 11.6. The summed E-state index contributed by atoms with van der Waals surface area (Å²) in [5.41, 5.74) is 2.06. The Morgan fingerprint density at radius 1 is 1.10 bits per heavy atom. The van der Waals surface area contributed by atoms with Crippen molar-refractivity contribution in [2.45, 2.75) is 25.8 Å². The van der Waals surface area contributed by atoms with Crippen molar-refractivity contribution in [3.8, 4) is 0 Å². The van der Waals surface area contributed by atoms with Crippen LogP contribution in [0.4, 0.5) is 0 Å². The number of hydrogen-bond donors (Lipinski definition) is 1. The van der Waals surface area contributed by atoms with Crippen LogP contribution in [0.15, 0.2) is 44.0 Å². The highest BCUT2D eigenvalue weighted by Crippen LogP contribution is 2.26. The molecule has 0 fully saturated rings. The molecule has 0 aliphatic carbocycles. The summed E-state index contributed by atoms with van der Waals surface area (Å²) >= 11 is 10.5. The predicted molar refractivity (Wildman–Crippen MR) is 96.3 cm³/mol. The van der Waals surface area contributed by atoms with Crippen LogP contribution in [0, 0.1) is 0 Å². The fourth-order valence-corrected chi connectivity index (χ4v) is 3.50. The van der Waals surface area contributed by atoms with Gasteiger partial charge in [-0.2, -0.15) is 0 Å². The molecule has 0 saturated carbocycles. The molecule has 0 saturated heterocycles. The van der Waals surface area contributed by atoms with E-state index in [1.807, 2.05) is 30.6 Å². The molecule has 3 nitrogen and oxygen atoms in total. The van der Waals surface area contributed by atoms with Crippen molar-refractivity contribution < 1.29 is 0 Å². The highest BCUT2D eigenvalue weighted by molar-refractivity contribution is 9.11. The SMILES string of the molecule is CCCNC(Cc1ccc(Br)cn1)c1ncc(Br)cc1Br. The molecule has 1 atom stereocenters. The first-order valence-electron chi connectivity index (χ1n) is 6.75. The first-order chi connectivity index (χ1) is 10.1. The molecule has 0 aliphatic rings. The third-order valence-electron chi connectivity index (χ3n) is 3.01. The van der Waals surface area contributed by atoms with E-state index in [1.54, 1.807) is 0 Å². The molecule has 21 heavy (non-hydrogen) atoms. The normalized spacial score (nSPS) is 12.4. The van der Waals surface area contributed by atoms with Gasteiger partial charge in [0.2, 0.25) is 0 Å². The highest BCUT2D eigenvalue weighted by Gasteiger charge is 2.17. The first kappa shape index (κ1) is 17.1. The number of nitrogens with one attached hydrogen (secondary N) is 1. The van der Waals surface area contributed by atoms with E-state index in [2.05, 4.69) is 70.0 Å². The summed E-state index contributed by atoms with van der Waals surface area (Å²) < 4.78 is 2.96. The minimum absolute atomic E-state index is 0.140. The van der Waals surface area contributed by atoms with Crippen LogP contribution in [-0.4, -0.2) is 16.5 Å². The topological polar surface area (TPSA) is 37.8 Å². The summed E-state index contributed by atoms with van der Waals surface area (Å²) in [5, 5.41) is 3.55. The number of pyridine rings is 2. The Balaban J connectivity index is 2.22. The van der Waals surface area contributed by atoms with Crippen molar-refractivity contribution in [2.24, 2.45) is 0 Å². The molecule has 2 aromatic rings. The summed E-state index contributed by atoms with van der Waals surface area (Å²) in [7, 11) is 0. The Kier molecular flexibility index (Phi) is 6.79. The van der Waals surface area contributed by atoms with Gasteiger partial charge in [0.25, 0.3) is 0 Å². The van der Waals surface area contributed by atoms with Crippen LogP contribution >= 0.6 is 47.8 Å². The summed E-state index contributed by atoms with van der Waals surface area (Å²) in [5.74, 6) is 0. The molecule has 2 rings (SSSR count). The van der Waals surface area contributed by atoms with Crippen LogP contribution in [0.5, 0.6) is 0 Å². The van der Waals surface area contributed by atoms with Gasteiger partial charge in [-0.1, -0.05) is 6.92 Å². The molecule has 0 radical (unpaired) electrons. The van der Waals surface area contributed by atoms with E-state index in [0.29, 0.717) is 0 Å². The maximum absolute atomic E-state index is 4.55.